The molecule has 3 nitrogen and oxygen atoms in total. The first-order valence-corrected chi connectivity index (χ1v) is 5.91. The summed E-state index contributed by atoms with van der Waals surface area (Å²) in [4.78, 5) is 4.62. The molecule has 0 aromatic carbocycles. The highest BCUT2D eigenvalue weighted by Gasteiger charge is 2.22. The first kappa shape index (κ1) is 10.9. The highest BCUT2D eigenvalue weighted by molar-refractivity contribution is 5.54. The molecule has 84 valence electrons. The number of pyridine rings is 1. The number of aromatic nitrogens is 1. The average molecular weight is 215 g/mol. The molecule has 2 rings (SSSR count). The second-order valence-electron chi connectivity index (χ2n) is 4.29. The predicted octanol–water partition coefficient (Wildman–Crippen LogP) is 2.82. The molecule has 1 N–H and O–H groups in total. The van der Waals surface area contributed by atoms with Crippen molar-refractivity contribution in [1.29, 1.82) is 5.26 Å². The first-order valence-electron chi connectivity index (χ1n) is 5.91. The van der Waals surface area contributed by atoms with Crippen molar-refractivity contribution in [2.45, 2.75) is 38.5 Å². The number of anilines is 1. The van der Waals surface area contributed by atoms with Gasteiger partial charge in [0.25, 0.3) is 0 Å². The van der Waals surface area contributed by atoms with E-state index in [1.165, 1.54) is 24.1 Å². The Balaban J connectivity index is 2.51. The lowest BCUT2D eigenvalue weighted by atomic mass is 9.84. The molecule has 1 unspecified atom stereocenters. The number of hydrogen-bond acceptors (Lipinski definition) is 3. The van der Waals surface area contributed by atoms with E-state index in [2.05, 4.69) is 23.3 Å². The van der Waals surface area contributed by atoms with Gasteiger partial charge in [0.1, 0.15) is 11.9 Å². The van der Waals surface area contributed by atoms with Gasteiger partial charge in [-0.05, 0) is 37.3 Å². The Morgan fingerprint density at radius 1 is 1.62 bits per heavy atom. The zero-order chi connectivity index (χ0) is 11.5. The van der Waals surface area contributed by atoms with Gasteiger partial charge in [0, 0.05) is 18.7 Å². The molecule has 1 aliphatic rings. The molecular formula is C13H17N3. The maximum Gasteiger partial charge on any atom is 0.143 e. The van der Waals surface area contributed by atoms with E-state index in [0.717, 1.165) is 18.7 Å². The Kier molecular flexibility index (Phi) is 3.09. The molecule has 0 saturated heterocycles. The van der Waals surface area contributed by atoms with Crippen molar-refractivity contribution in [3.05, 3.63) is 22.9 Å². The fraction of sp³-hybridized carbons (Fsp3) is 0.538. The van der Waals surface area contributed by atoms with Crippen LogP contribution in [0.15, 0.2) is 6.07 Å². The van der Waals surface area contributed by atoms with Crippen LogP contribution in [0.4, 0.5) is 5.82 Å². The summed E-state index contributed by atoms with van der Waals surface area (Å²) in [5, 5.41) is 12.1. The monoisotopic (exact) mass is 215 g/mol. The van der Waals surface area contributed by atoms with Crippen molar-refractivity contribution in [3.8, 4) is 6.07 Å². The third kappa shape index (κ3) is 1.76. The van der Waals surface area contributed by atoms with Gasteiger partial charge in [-0.15, -0.1) is 0 Å². The van der Waals surface area contributed by atoms with Crippen molar-refractivity contribution in [2.24, 2.45) is 0 Å². The van der Waals surface area contributed by atoms with E-state index in [4.69, 9.17) is 5.26 Å². The summed E-state index contributed by atoms with van der Waals surface area (Å²) in [7, 11) is 1.82. The number of nitrogens with zero attached hydrogens (tertiary/aromatic N) is 2. The van der Waals surface area contributed by atoms with Gasteiger partial charge in [-0.25, -0.2) is 4.98 Å². The highest BCUT2D eigenvalue weighted by atomic mass is 15.0. The van der Waals surface area contributed by atoms with Crippen LogP contribution < -0.4 is 5.32 Å². The van der Waals surface area contributed by atoms with Gasteiger partial charge in [-0.2, -0.15) is 5.26 Å². The third-order valence-corrected chi connectivity index (χ3v) is 3.37. The fourth-order valence-corrected chi connectivity index (χ4v) is 2.47. The van der Waals surface area contributed by atoms with E-state index in [0.29, 0.717) is 11.5 Å². The summed E-state index contributed by atoms with van der Waals surface area (Å²) >= 11 is 0. The van der Waals surface area contributed by atoms with Crippen LogP contribution in [-0.4, -0.2) is 12.0 Å². The van der Waals surface area contributed by atoms with Crippen LogP contribution in [0.25, 0.3) is 0 Å². The molecule has 1 aromatic rings. The molecule has 1 aromatic heterocycles. The topological polar surface area (TPSA) is 48.7 Å². The Morgan fingerprint density at radius 2 is 2.44 bits per heavy atom. The Bertz CT molecular complexity index is 432. The van der Waals surface area contributed by atoms with Gasteiger partial charge in [0.2, 0.25) is 0 Å². The molecule has 3 heteroatoms. The third-order valence-electron chi connectivity index (χ3n) is 3.37. The van der Waals surface area contributed by atoms with Gasteiger partial charge in [0.15, 0.2) is 0 Å². The van der Waals surface area contributed by atoms with Gasteiger partial charge in [-0.1, -0.05) is 6.92 Å². The van der Waals surface area contributed by atoms with E-state index in [1.807, 2.05) is 13.1 Å². The fourth-order valence-electron chi connectivity index (χ4n) is 2.47. The van der Waals surface area contributed by atoms with Gasteiger partial charge < -0.3 is 5.32 Å². The van der Waals surface area contributed by atoms with Crippen molar-refractivity contribution in [1.82, 2.24) is 4.98 Å². The molecule has 0 fully saturated rings. The minimum Gasteiger partial charge on any atom is -0.372 e. The Labute approximate surface area is 96.5 Å². The number of nitriles is 1. The first-order chi connectivity index (χ1) is 7.80. The minimum atomic E-state index is 0.573. The summed E-state index contributed by atoms with van der Waals surface area (Å²) in [6, 6.07) is 4.21. The number of nitrogens with one attached hydrogen (secondary N) is 1. The zero-order valence-corrected chi connectivity index (χ0v) is 9.88. The van der Waals surface area contributed by atoms with Crippen molar-refractivity contribution < 1.29 is 0 Å². The zero-order valence-electron chi connectivity index (χ0n) is 9.88. The van der Waals surface area contributed by atoms with Crippen LogP contribution in [0.3, 0.4) is 0 Å². The number of aryl methyl sites for hydroxylation is 1. The van der Waals surface area contributed by atoms with Crippen LogP contribution in [0.2, 0.25) is 0 Å². The number of hydrogen-bond donors (Lipinski definition) is 1. The van der Waals surface area contributed by atoms with Crippen LogP contribution in [0, 0.1) is 11.3 Å². The summed E-state index contributed by atoms with van der Waals surface area (Å²) in [6.07, 6.45) is 4.65. The van der Waals surface area contributed by atoms with Crippen LogP contribution in [0.5, 0.6) is 0 Å². The lowest BCUT2D eigenvalue weighted by Crippen LogP contribution is -2.13. The van der Waals surface area contributed by atoms with Gasteiger partial charge in [0.05, 0.1) is 5.56 Å². The highest BCUT2D eigenvalue weighted by Crippen LogP contribution is 2.34. The quantitative estimate of drug-likeness (QED) is 0.825. The lowest BCUT2D eigenvalue weighted by Gasteiger charge is -2.24. The second-order valence-corrected chi connectivity index (χ2v) is 4.29. The van der Waals surface area contributed by atoms with Crippen molar-refractivity contribution in [2.75, 3.05) is 12.4 Å². The van der Waals surface area contributed by atoms with Crippen molar-refractivity contribution >= 4 is 5.82 Å². The van der Waals surface area contributed by atoms with E-state index in [-0.39, 0.29) is 0 Å². The average Bonchev–Trinajstić information content (AvgIpc) is 2.36. The summed E-state index contributed by atoms with van der Waals surface area (Å²) in [6.45, 7) is 2.21. The molecule has 0 saturated carbocycles. The van der Waals surface area contributed by atoms with Gasteiger partial charge >= 0.3 is 0 Å². The van der Waals surface area contributed by atoms with E-state index < -0.39 is 0 Å². The predicted molar refractivity (Wildman–Crippen MR) is 64.5 cm³/mol. The molecule has 1 heterocycles. The molecule has 1 atom stereocenters. The summed E-state index contributed by atoms with van der Waals surface area (Å²) in [5.74, 6) is 1.30. The largest absolute Gasteiger partial charge is 0.372 e. The number of rotatable bonds is 2. The maximum absolute atomic E-state index is 9.04. The van der Waals surface area contributed by atoms with Crippen LogP contribution >= 0.6 is 0 Å². The van der Waals surface area contributed by atoms with Gasteiger partial charge in [-0.3, -0.25) is 0 Å². The molecule has 0 amide bonds. The molecule has 1 aliphatic carbocycles. The van der Waals surface area contributed by atoms with Crippen LogP contribution in [-0.2, 0) is 6.42 Å². The Morgan fingerprint density at radius 3 is 3.06 bits per heavy atom. The van der Waals surface area contributed by atoms with Crippen LogP contribution in [0.1, 0.15) is 48.9 Å². The molecule has 16 heavy (non-hydrogen) atoms. The molecule has 0 aliphatic heterocycles. The lowest BCUT2D eigenvalue weighted by molar-refractivity contribution is 0.525. The smallest absolute Gasteiger partial charge is 0.143 e. The normalized spacial score (nSPS) is 18.7. The Hall–Kier alpha value is -1.56. The SMILES string of the molecule is CCC1CCCc2cc(C#N)c(NC)nc21. The minimum absolute atomic E-state index is 0.573. The summed E-state index contributed by atoms with van der Waals surface area (Å²) < 4.78 is 0. The standard InChI is InChI=1S/C13H17N3/c1-3-9-5-4-6-10-7-11(8-14)13(15-2)16-12(9)10/h7,9H,3-6H2,1-2H3,(H,15,16). The molecule has 0 spiro atoms. The summed E-state index contributed by atoms with van der Waals surface area (Å²) in [5.41, 5.74) is 3.14. The maximum atomic E-state index is 9.04. The molecular weight excluding hydrogens is 198 g/mol. The second kappa shape index (κ2) is 4.52. The molecule has 0 radical (unpaired) electrons. The van der Waals surface area contributed by atoms with E-state index in [9.17, 15) is 0 Å². The van der Waals surface area contributed by atoms with Crippen molar-refractivity contribution in [3.63, 3.8) is 0 Å². The van der Waals surface area contributed by atoms with E-state index >= 15 is 0 Å². The van der Waals surface area contributed by atoms with E-state index in [1.54, 1.807) is 0 Å². The molecule has 0 bridgehead atoms. The number of fused-ring (bicyclic) bond motifs is 1.